The highest BCUT2D eigenvalue weighted by Gasteiger charge is 2.14. The van der Waals surface area contributed by atoms with Gasteiger partial charge in [0, 0.05) is 24.7 Å². The summed E-state index contributed by atoms with van der Waals surface area (Å²) in [5.74, 6) is 1.71. The van der Waals surface area contributed by atoms with Crippen molar-refractivity contribution in [3.63, 3.8) is 0 Å². The minimum Gasteiger partial charge on any atom is -0.347 e. The van der Waals surface area contributed by atoms with E-state index in [1.807, 2.05) is 43.3 Å². The maximum Gasteiger partial charge on any atom is 0.270 e. The number of aromatic nitrogens is 2. The van der Waals surface area contributed by atoms with Crippen molar-refractivity contribution in [1.82, 2.24) is 20.6 Å². The predicted molar refractivity (Wildman–Crippen MR) is 119 cm³/mol. The number of terminal acetylenes is 1. The first-order valence-corrected chi connectivity index (χ1v) is 10.00. The highest BCUT2D eigenvalue weighted by Crippen LogP contribution is 2.13. The molecule has 7 heteroatoms. The van der Waals surface area contributed by atoms with Crippen LogP contribution in [0, 0.1) is 23.7 Å². The Morgan fingerprint density at radius 3 is 2.31 bits per heavy atom. The van der Waals surface area contributed by atoms with Crippen LogP contribution in [0.25, 0.3) is 0 Å². The second kappa shape index (κ2) is 10.5. The Bertz CT molecular complexity index is 1240. The van der Waals surface area contributed by atoms with Crippen LogP contribution in [0.1, 0.15) is 55.7 Å². The molecule has 2 N–H and O–H groups in total. The molecule has 3 aromatic rings. The van der Waals surface area contributed by atoms with Crippen molar-refractivity contribution in [2.24, 2.45) is 0 Å². The van der Waals surface area contributed by atoms with Gasteiger partial charge in [-0.3, -0.25) is 9.59 Å². The summed E-state index contributed by atoms with van der Waals surface area (Å²) >= 11 is 0. The Morgan fingerprint density at radius 2 is 1.66 bits per heavy atom. The van der Waals surface area contributed by atoms with Crippen molar-refractivity contribution in [3.8, 4) is 18.4 Å². The molecular formula is C25H21N5O2. The standard InChI is InChI=1S/C25H21N5O2/c1-3-17-6-5-7-19(10-17)14-27-24(31)22-12-23(30-16-29-22)25(32)28-15-21-9-8-18(13-26)11-20(21)4-2/h1,5-12,16H,4,14-15H2,2H3,(H,27,31)(H,28,32). The number of hydrogen-bond donors (Lipinski definition) is 2. The summed E-state index contributed by atoms with van der Waals surface area (Å²) in [6.07, 6.45) is 7.32. The molecule has 1 heterocycles. The number of nitrogens with one attached hydrogen (secondary N) is 2. The average Bonchev–Trinajstić information content (AvgIpc) is 2.85. The summed E-state index contributed by atoms with van der Waals surface area (Å²) in [5.41, 5.74) is 4.25. The summed E-state index contributed by atoms with van der Waals surface area (Å²) < 4.78 is 0. The van der Waals surface area contributed by atoms with Crippen LogP contribution in [0.2, 0.25) is 0 Å². The molecule has 158 valence electrons. The molecule has 0 aliphatic carbocycles. The van der Waals surface area contributed by atoms with E-state index in [1.54, 1.807) is 6.07 Å². The van der Waals surface area contributed by atoms with E-state index in [-0.39, 0.29) is 24.5 Å². The molecular weight excluding hydrogens is 402 g/mol. The minimum absolute atomic E-state index is 0.0888. The van der Waals surface area contributed by atoms with Crippen LogP contribution < -0.4 is 10.6 Å². The maximum atomic E-state index is 12.6. The number of carbonyl (C=O) groups excluding carboxylic acids is 2. The highest BCUT2D eigenvalue weighted by molar-refractivity contribution is 5.97. The summed E-state index contributed by atoms with van der Waals surface area (Å²) in [6.45, 7) is 2.54. The summed E-state index contributed by atoms with van der Waals surface area (Å²) in [4.78, 5) is 33.0. The monoisotopic (exact) mass is 423 g/mol. The van der Waals surface area contributed by atoms with Gasteiger partial charge < -0.3 is 10.6 Å². The Hall–Kier alpha value is -4.49. The van der Waals surface area contributed by atoms with E-state index < -0.39 is 11.8 Å². The fourth-order valence-corrected chi connectivity index (χ4v) is 3.11. The second-order valence-corrected chi connectivity index (χ2v) is 6.95. The van der Waals surface area contributed by atoms with Crippen molar-refractivity contribution in [3.05, 3.63) is 94.1 Å². The maximum absolute atomic E-state index is 12.6. The number of rotatable bonds is 7. The van der Waals surface area contributed by atoms with Crippen LogP contribution in [-0.4, -0.2) is 21.8 Å². The van der Waals surface area contributed by atoms with Crippen LogP contribution in [0.5, 0.6) is 0 Å². The van der Waals surface area contributed by atoms with Crippen molar-refractivity contribution in [1.29, 1.82) is 5.26 Å². The van der Waals surface area contributed by atoms with Gasteiger partial charge in [0.25, 0.3) is 11.8 Å². The van der Waals surface area contributed by atoms with E-state index in [4.69, 9.17) is 11.7 Å². The van der Waals surface area contributed by atoms with Gasteiger partial charge in [0.15, 0.2) is 0 Å². The highest BCUT2D eigenvalue weighted by atomic mass is 16.2. The zero-order valence-corrected chi connectivity index (χ0v) is 17.6. The van der Waals surface area contributed by atoms with Gasteiger partial charge in [-0.2, -0.15) is 5.26 Å². The van der Waals surface area contributed by atoms with Crippen molar-refractivity contribution >= 4 is 11.8 Å². The van der Waals surface area contributed by atoms with Gasteiger partial charge in [-0.05, 0) is 47.4 Å². The fourth-order valence-electron chi connectivity index (χ4n) is 3.11. The normalized spacial score (nSPS) is 9.97. The van der Waals surface area contributed by atoms with Crippen molar-refractivity contribution in [2.45, 2.75) is 26.4 Å². The van der Waals surface area contributed by atoms with Crippen LogP contribution >= 0.6 is 0 Å². The third-order valence-corrected chi connectivity index (χ3v) is 4.83. The number of nitrogens with zero attached hydrogens (tertiary/aromatic N) is 3. The molecule has 2 aromatic carbocycles. The smallest absolute Gasteiger partial charge is 0.270 e. The minimum atomic E-state index is -0.423. The number of benzene rings is 2. The van der Waals surface area contributed by atoms with Gasteiger partial charge >= 0.3 is 0 Å². The van der Waals surface area contributed by atoms with Crippen molar-refractivity contribution < 1.29 is 9.59 Å². The van der Waals surface area contributed by atoms with Crippen LogP contribution in [0.4, 0.5) is 0 Å². The fraction of sp³-hybridized carbons (Fsp3) is 0.160. The molecule has 0 atom stereocenters. The number of aryl methyl sites for hydroxylation is 1. The van der Waals surface area contributed by atoms with E-state index in [9.17, 15) is 9.59 Å². The molecule has 0 aliphatic heterocycles. The number of carbonyl (C=O) groups is 2. The molecule has 0 fully saturated rings. The van der Waals surface area contributed by atoms with Crippen molar-refractivity contribution in [2.75, 3.05) is 0 Å². The molecule has 2 amide bonds. The summed E-state index contributed by atoms with van der Waals surface area (Å²) in [7, 11) is 0. The third kappa shape index (κ3) is 5.56. The van der Waals surface area contributed by atoms with E-state index >= 15 is 0 Å². The SMILES string of the molecule is C#Cc1cccc(CNC(=O)c2cc(C(=O)NCc3ccc(C#N)cc3CC)ncn2)c1. The first kappa shape index (κ1) is 22.2. The average molecular weight is 423 g/mol. The molecule has 0 saturated carbocycles. The molecule has 3 rings (SSSR count). The van der Waals surface area contributed by atoms with E-state index in [2.05, 4.69) is 32.6 Å². The predicted octanol–water partition coefficient (Wildman–Crippen LogP) is 2.75. The Labute approximate surface area is 186 Å². The molecule has 0 spiro atoms. The molecule has 0 unspecified atom stereocenters. The van der Waals surface area contributed by atoms with Gasteiger partial charge in [-0.1, -0.05) is 31.0 Å². The van der Waals surface area contributed by atoms with Gasteiger partial charge in [0.05, 0.1) is 11.6 Å². The van der Waals surface area contributed by atoms with Crippen LogP contribution in [-0.2, 0) is 19.5 Å². The molecule has 32 heavy (non-hydrogen) atoms. The lowest BCUT2D eigenvalue weighted by atomic mass is 10.0. The van der Waals surface area contributed by atoms with E-state index in [1.165, 1.54) is 12.4 Å². The van der Waals surface area contributed by atoms with Gasteiger partial charge in [-0.25, -0.2) is 9.97 Å². The van der Waals surface area contributed by atoms with E-state index in [0.29, 0.717) is 5.56 Å². The van der Waals surface area contributed by atoms with Gasteiger partial charge in [0.1, 0.15) is 17.7 Å². The Morgan fingerprint density at radius 1 is 0.938 bits per heavy atom. The van der Waals surface area contributed by atoms with Crippen LogP contribution in [0.15, 0.2) is 54.9 Å². The first-order valence-electron chi connectivity index (χ1n) is 10.00. The van der Waals surface area contributed by atoms with E-state index in [0.717, 1.165) is 28.7 Å². The second-order valence-electron chi connectivity index (χ2n) is 6.95. The summed E-state index contributed by atoms with van der Waals surface area (Å²) in [6, 6.07) is 16.1. The lowest BCUT2D eigenvalue weighted by Gasteiger charge is -2.10. The molecule has 0 bridgehead atoms. The third-order valence-electron chi connectivity index (χ3n) is 4.83. The molecule has 0 saturated heterocycles. The lowest BCUT2D eigenvalue weighted by molar-refractivity contribution is 0.0944. The van der Waals surface area contributed by atoms with Gasteiger partial charge in [-0.15, -0.1) is 6.42 Å². The molecule has 7 nitrogen and oxygen atoms in total. The number of amides is 2. The number of nitriles is 1. The molecule has 1 aromatic heterocycles. The molecule has 0 aliphatic rings. The largest absolute Gasteiger partial charge is 0.347 e. The van der Waals surface area contributed by atoms with Gasteiger partial charge in [0.2, 0.25) is 0 Å². The number of hydrogen-bond acceptors (Lipinski definition) is 5. The lowest BCUT2D eigenvalue weighted by Crippen LogP contribution is -2.27. The zero-order valence-electron chi connectivity index (χ0n) is 17.6. The first-order chi connectivity index (χ1) is 15.5. The zero-order chi connectivity index (χ0) is 22.9. The van der Waals surface area contributed by atoms with Crippen LogP contribution in [0.3, 0.4) is 0 Å². The Kier molecular flexibility index (Phi) is 7.29. The quantitative estimate of drug-likeness (QED) is 0.568. The molecule has 0 radical (unpaired) electrons. The summed E-state index contributed by atoms with van der Waals surface area (Å²) in [5, 5.41) is 14.6. The topological polar surface area (TPSA) is 108 Å². The Balaban J connectivity index is 1.63.